The summed E-state index contributed by atoms with van der Waals surface area (Å²) in [4.78, 5) is 10.4. The molecule has 0 aromatic heterocycles. The van der Waals surface area contributed by atoms with Crippen LogP contribution in [0.2, 0.25) is 0 Å². The summed E-state index contributed by atoms with van der Waals surface area (Å²) in [5.41, 5.74) is 1.19. The summed E-state index contributed by atoms with van der Waals surface area (Å²) in [5, 5.41) is 37.5. The lowest BCUT2D eigenvalue weighted by molar-refractivity contribution is -0.137. The van der Waals surface area contributed by atoms with Crippen molar-refractivity contribution in [1.82, 2.24) is 0 Å². The molecule has 0 bridgehead atoms. The molecule has 5 nitrogen and oxygen atoms in total. The zero-order chi connectivity index (χ0) is 13.9. The zero-order valence-electron chi connectivity index (χ0n) is 10.4. The molecular weight excluding hydrogens is 236 g/mol. The predicted molar refractivity (Wildman–Crippen MR) is 65.8 cm³/mol. The predicted octanol–water partition coefficient (Wildman–Crippen LogP) is 1.74. The van der Waals surface area contributed by atoms with Crippen LogP contribution in [-0.4, -0.2) is 32.5 Å². The summed E-state index contributed by atoms with van der Waals surface area (Å²) >= 11 is 0. The number of rotatable bonds is 5. The molecule has 0 saturated heterocycles. The number of hydrogen-bond donors (Lipinski definition) is 4. The van der Waals surface area contributed by atoms with Gasteiger partial charge in [-0.2, -0.15) is 0 Å². The lowest BCUT2D eigenvalue weighted by atomic mass is 9.89. The maximum absolute atomic E-state index is 10.4. The highest BCUT2D eigenvalue weighted by Crippen LogP contribution is 2.33. The fourth-order valence-corrected chi connectivity index (χ4v) is 1.91. The molecule has 100 valence electrons. The van der Waals surface area contributed by atoms with E-state index in [4.69, 9.17) is 5.11 Å². The van der Waals surface area contributed by atoms with E-state index in [1.54, 1.807) is 13.8 Å². The van der Waals surface area contributed by atoms with Gasteiger partial charge in [0.1, 0.15) is 11.5 Å². The second-order valence-electron chi connectivity index (χ2n) is 4.47. The third-order valence-electron chi connectivity index (χ3n) is 3.13. The minimum Gasteiger partial charge on any atom is -0.508 e. The molecule has 4 N–H and O–H groups in total. The lowest BCUT2D eigenvalue weighted by Crippen LogP contribution is -2.18. The summed E-state index contributed by atoms with van der Waals surface area (Å²) in [6.07, 6.45) is -0.817. The standard InChI is InChI=1S/C13H18O5/c1-7(11(15)3-4-13(17)18)10-5-9(14)6-12(16)8(10)2/h5-7,11,14-16H,3-4H2,1-2H3,(H,17,18)/t7-,11+/m0/s1. The number of carbonyl (C=O) groups is 1. The van der Waals surface area contributed by atoms with E-state index in [9.17, 15) is 20.1 Å². The van der Waals surface area contributed by atoms with E-state index in [1.807, 2.05) is 0 Å². The summed E-state index contributed by atoms with van der Waals surface area (Å²) < 4.78 is 0. The lowest BCUT2D eigenvalue weighted by Gasteiger charge is -2.21. The molecule has 0 radical (unpaired) electrons. The Kier molecular flexibility index (Phi) is 4.55. The molecule has 0 fully saturated rings. The minimum atomic E-state index is -0.961. The van der Waals surface area contributed by atoms with Gasteiger partial charge in [0, 0.05) is 18.4 Å². The fourth-order valence-electron chi connectivity index (χ4n) is 1.91. The largest absolute Gasteiger partial charge is 0.508 e. The minimum absolute atomic E-state index is 0.0396. The first-order valence-electron chi connectivity index (χ1n) is 5.75. The van der Waals surface area contributed by atoms with Gasteiger partial charge in [0.15, 0.2) is 0 Å². The Bertz CT molecular complexity index is 441. The summed E-state index contributed by atoms with van der Waals surface area (Å²) in [6.45, 7) is 3.41. The molecule has 0 heterocycles. The Labute approximate surface area is 105 Å². The van der Waals surface area contributed by atoms with Gasteiger partial charge in [-0.3, -0.25) is 4.79 Å². The number of carboxylic acid groups (broad SMARTS) is 1. The van der Waals surface area contributed by atoms with Crippen LogP contribution >= 0.6 is 0 Å². The molecule has 0 aliphatic carbocycles. The van der Waals surface area contributed by atoms with Crippen LogP contribution < -0.4 is 0 Å². The van der Waals surface area contributed by atoms with Gasteiger partial charge in [0.05, 0.1) is 6.10 Å². The highest BCUT2D eigenvalue weighted by Gasteiger charge is 2.20. The van der Waals surface area contributed by atoms with E-state index in [0.717, 1.165) is 0 Å². The van der Waals surface area contributed by atoms with Crippen LogP contribution in [0.4, 0.5) is 0 Å². The van der Waals surface area contributed by atoms with Gasteiger partial charge < -0.3 is 20.4 Å². The normalized spacial score (nSPS) is 14.2. The van der Waals surface area contributed by atoms with Gasteiger partial charge in [0.25, 0.3) is 0 Å². The summed E-state index contributed by atoms with van der Waals surface area (Å²) in [7, 11) is 0. The molecule has 1 aromatic carbocycles. The third-order valence-corrected chi connectivity index (χ3v) is 3.13. The molecule has 1 aromatic rings. The maximum atomic E-state index is 10.4. The number of aliphatic hydroxyl groups excluding tert-OH is 1. The average Bonchev–Trinajstić information content (AvgIpc) is 2.29. The molecule has 18 heavy (non-hydrogen) atoms. The van der Waals surface area contributed by atoms with Crippen molar-refractivity contribution in [3.8, 4) is 11.5 Å². The Morgan fingerprint density at radius 3 is 2.50 bits per heavy atom. The second-order valence-corrected chi connectivity index (χ2v) is 4.47. The van der Waals surface area contributed by atoms with E-state index in [-0.39, 0.29) is 30.3 Å². The molecule has 0 unspecified atom stereocenters. The van der Waals surface area contributed by atoms with Crippen LogP contribution in [0.25, 0.3) is 0 Å². The Morgan fingerprint density at radius 1 is 1.33 bits per heavy atom. The Balaban J connectivity index is 2.89. The molecule has 0 amide bonds. The van der Waals surface area contributed by atoms with E-state index < -0.39 is 12.1 Å². The van der Waals surface area contributed by atoms with E-state index in [0.29, 0.717) is 11.1 Å². The average molecular weight is 254 g/mol. The summed E-state index contributed by atoms with van der Waals surface area (Å²) in [6, 6.07) is 2.71. The number of hydrogen-bond acceptors (Lipinski definition) is 4. The van der Waals surface area contributed by atoms with Gasteiger partial charge >= 0.3 is 5.97 Å². The van der Waals surface area contributed by atoms with Crippen LogP contribution in [0.1, 0.15) is 36.8 Å². The highest BCUT2D eigenvalue weighted by atomic mass is 16.4. The first kappa shape index (κ1) is 14.3. The smallest absolute Gasteiger partial charge is 0.303 e. The summed E-state index contributed by atoms with van der Waals surface area (Å²) in [5.74, 6) is -1.44. The van der Waals surface area contributed by atoms with E-state index in [1.165, 1.54) is 12.1 Å². The van der Waals surface area contributed by atoms with Crippen molar-refractivity contribution in [3.63, 3.8) is 0 Å². The van der Waals surface area contributed by atoms with Crippen LogP contribution in [0.3, 0.4) is 0 Å². The van der Waals surface area contributed by atoms with E-state index in [2.05, 4.69) is 0 Å². The van der Waals surface area contributed by atoms with Crippen molar-refractivity contribution >= 4 is 5.97 Å². The Morgan fingerprint density at radius 2 is 1.94 bits per heavy atom. The quantitative estimate of drug-likeness (QED) is 0.641. The van der Waals surface area contributed by atoms with Gasteiger partial charge in [-0.25, -0.2) is 0 Å². The molecular formula is C13H18O5. The fraction of sp³-hybridized carbons (Fsp3) is 0.462. The topological polar surface area (TPSA) is 98.0 Å². The van der Waals surface area contributed by atoms with Crippen molar-refractivity contribution in [2.75, 3.05) is 0 Å². The third kappa shape index (κ3) is 3.37. The number of benzene rings is 1. The molecule has 0 spiro atoms. The van der Waals surface area contributed by atoms with Crippen molar-refractivity contribution in [1.29, 1.82) is 0 Å². The number of carboxylic acids is 1. The molecule has 5 heteroatoms. The van der Waals surface area contributed by atoms with Gasteiger partial charge in [-0.05, 0) is 30.5 Å². The highest BCUT2D eigenvalue weighted by molar-refractivity contribution is 5.66. The number of aromatic hydroxyl groups is 2. The number of aliphatic hydroxyl groups is 1. The monoisotopic (exact) mass is 254 g/mol. The first-order chi connectivity index (χ1) is 8.32. The van der Waals surface area contributed by atoms with E-state index >= 15 is 0 Å². The van der Waals surface area contributed by atoms with Crippen molar-refractivity contribution in [3.05, 3.63) is 23.3 Å². The first-order valence-corrected chi connectivity index (χ1v) is 5.75. The van der Waals surface area contributed by atoms with Crippen LogP contribution in [-0.2, 0) is 4.79 Å². The van der Waals surface area contributed by atoms with Crippen molar-refractivity contribution in [2.24, 2.45) is 0 Å². The maximum Gasteiger partial charge on any atom is 0.303 e. The molecule has 2 atom stereocenters. The molecule has 0 saturated carbocycles. The van der Waals surface area contributed by atoms with Crippen molar-refractivity contribution in [2.45, 2.75) is 38.7 Å². The Hall–Kier alpha value is -1.75. The van der Waals surface area contributed by atoms with Gasteiger partial charge in [-0.1, -0.05) is 6.92 Å². The van der Waals surface area contributed by atoms with Gasteiger partial charge in [-0.15, -0.1) is 0 Å². The van der Waals surface area contributed by atoms with Crippen LogP contribution in [0.5, 0.6) is 11.5 Å². The zero-order valence-corrected chi connectivity index (χ0v) is 10.4. The van der Waals surface area contributed by atoms with Gasteiger partial charge in [0.2, 0.25) is 0 Å². The molecule has 0 aliphatic heterocycles. The SMILES string of the molecule is Cc1c(O)cc(O)cc1[C@H](C)[C@H](O)CCC(=O)O. The van der Waals surface area contributed by atoms with Crippen LogP contribution in [0, 0.1) is 6.92 Å². The number of phenols is 2. The number of aliphatic carboxylic acids is 1. The van der Waals surface area contributed by atoms with Crippen LogP contribution in [0.15, 0.2) is 12.1 Å². The number of phenolic OH excluding ortho intramolecular Hbond substituents is 2. The molecule has 1 rings (SSSR count). The van der Waals surface area contributed by atoms with Crippen molar-refractivity contribution < 1.29 is 25.2 Å². The molecule has 0 aliphatic rings. The second kappa shape index (κ2) is 5.73.